The fourth-order valence-corrected chi connectivity index (χ4v) is 1.91. The topological polar surface area (TPSA) is 90.7 Å². The van der Waals surface area contributed by atoms with Crippen LogP contribution in [0.25, 0.3) is 0 Å². The fraction of sp³-hybridized carbons (Fsp3) is 0.222. The Bertz CT molecular complexity index is 696. The zero-order chi connectivity index (χ0) is 17.5. The molecule has 0 unspecified atom stereocenters. The van der Waals surface area contributed by atoms with E-state index in [0.717, 1.165) is 5.56 Å². The van der Waals surface area contributed by atoms with Crippen molar-refractivity contribution in [3.8, 4) is 11.5 Å². The normalized spacial score (nSPS) is 11.4. The zero-order valence-corrected chi connectivity index (χ0v) is 13.6. The first-order valence-corrected chi connectivity index (χ1v) is 7.49. The Balaban J connectivity index is 1.88. The van der Waals surface area contributed by atoms with Crippen molar-refractivity contribution in [2.45, 2.75) is 20.0 Å². The van der Waals surface area contributed by atoms with Gasteiger partial charge >= 0.3 is 0 Å². The molecule has 0 radical (unpaired) electrons. The standard InChI is InChI=1S/C18H20N2O4/c1-12-3-7-16(8-4-12)24-13(2)18(22)20-14-5-9-15(10-6-14)23-11-17(19)21/h3-10,13H,11H2,1-2H3,(H2,19,21)(H,20,22)/t13-/m1/s1. The van der Waals surface area contributed by atoms with Gasteiger partial charge in [0.1, 0.15) is 11.5 Å². The SMILES string of the molecule is Cc1ccc(O[C@H](C)C(=O)Nc2ccc(OCC(N)=O)cc2)cc1. The van der Waals surface area contributed by atoms with Crippen molar-refractivity contribution in [2.24, 2.45) is 5.73 Å². The van der Waals surface area contributed by atoms with Crippen LogP contribution in [-0.2, 0) is 9.59 Å². The number of carbonyl (C=O) groups is 2. The van der Waals surface area contributed by atoms with Crippen LogP contribution in [0.3, 0.4) is 0 Å². The highest BCUT2D eigenvalue weighted by atomic mass is 16.5. The summed E-state index contributed by atoms with van der Waals surface area (Å²) in [4.78, 5) is 22.8. The number of nitrogens with one attached hydrogen (secondary N) is 1. The highest BCUT2D eigenvalue weighted by Gasteiger charge is 2.14. The van der Waals surface area contributed by atoms with E-state index in [4.69, 9.17) is 15.2 Å². The van der Waals surface area contributed by atoms with E-state index in [0.29, 0.717) is 17.2 Å². The van der Waals surface area contributed by atoms with Crippen molar-refractivity contribution >= 4 is 17.5 Å². The summed E-state index contributed by atoms with van der Waals surface area (Å²) in [6, 6.07) is 14.1. The van der Waals surface area contributed by atoms with E-state index in [1.54, 1.807) is 31.2 Å². The van der Waals surface area contributed by atoms with Gasteiger partial charge in [0.15, 0.2) is 12.7 Å². The summed E-state index contributed by atoms with van der Waals surface area (Å²) in [5.74, 6) is 0.324. The summed E-state index contributed by atoms with van der Waals surface area (Å²) in [7, 11) is 0. The molecule has 0 bridgehead atoms. The number of carbonyl (C=O) groups excluding carboxylic acids is 2. The van der Waals surface area contributed by atoms with Crippen LogP contribution in [0.1, 0.15) is 12.5 Å². The Hall–Kier alpha value is -3.02. The molecule has 0 saturated carbocycles. The molecule has 0 heterocycles. The minimum atomic E-state index is -0.640. The number of rotatable bonds is 7. The summed E-state index contributed by atoms with van der Waals surface area (Å²) >= 11 is 0. The summed E-state index contributed by atoms with van der Waals surface area (Å²) in [6.07, 6.45) is -0.640. The van der Waals surface area contributed by atoms with Crippen LogP contribution in [0.5, 0.6) is 11.5 Å². The number of amides is 2. The molecule has 2 aromatic carbocycles. The predicted molar refractivity (Wildman–Crippen MR) is 91.0 cm³/mol. The van der Waals surface area contributed by atoms with Crippen LogP contribution in [0.2, 0.25) is 0 Å². The molecule has 2 aromatic rings. The lowest BCUT2D eigenvalue weighted by atomic mass is 10.2. The second-order valence-corrected chi connectivity index (χ2v) is 5.34. The molecule has 0 fully saturated rings. The average Bonchev–Trinajstić information content (AvgIpc) is 2.56. The molecule has 1 atom stereocenters. The van der Waals surface area contributed by atoms with E-state index in [-0.39, 0.29) is 12.5 Å². The Morgan fingerprint density at radius 3 is 2.21 bits per heavy atom. The van der Waals surface area contributed by atoms with Crippen molar-refractivity contribution in [1.82, 2.24) is 0 Å². The van der Waals surface area contributed by atoms with Gasteiger partial charge < -0.3 is 20.5 Å². The highest BCUT2D eigenvalue weighted by molar-refractivity contribution is 5.94. The van der Waals surface area contributed by atoms with Gasteiger partial charge in [-0.05, 0) is 50.2 Å². The lowest BCUT2D eigenvalue weighted by Gasteiger charge is -2.15. The largest absolute Gasteiger partial charge is 0.484 e. The molecule has 126 valence electrons. The smallest absolute Gasteiger partial charge is 0.265 e. The van der Waals surface area contributed by atoms with Crippen molar-refractivity contribution in [2.75, 3.05) is 11.9 Å². The van der Waals surface area contributed by atoms with Gasteiger partial charge in [-0.1, -0.05) is 17.7 Å². The molecule has 3 N–H and O–H groups in total. The highest BCUT2D eigenvalue weighted by Crippen LogP contribution is 2.17. The number of hydrogen-bond donors (Lipinski definition) is 2. The molecular weight excluding hydrogens is 308 g/mol. The van der Waals surface area contributed by atoms with E-state index in [9.17, 15) is 9.59 Å². The second-order valence-electron chi connectivity index (χ2n) is 5.34. The molecule has 6 heteroatoms. The summed E-state index contributed by atoms with van der Waals surface area (Å²) in [5, 5.41) is 2.75. The first-order valence-electron chi connectivity index (χ1n) is 7.49. The van der Waals surface area contributed by atoms with Gasteiger partial charge in [-0.25, -0.2) is 0 Å². The van der Waals surface area contributed by atoms with E-state index in [2.05, 4.69) is 5.32 Å². The first kappa shape index (κ1) is 17.3. The Morgan fingerprint density at radius 1 is 1.04 bits per heavy atom. The number of anilines is 1. The van der Waals surface area contributed by atoms with Gasteiger partial charge in [0.25, 0.3) is 11.8 Å². The van der Waals surface area contributed by atoms with Crippen molar-refractivity contribution in [1.29, 1.82) is 0 Å². The number of nitrogens with two attached hydrogens (primary N) is 1. The molecule has 0 spiro atoms. The summed E-state index contributed by atoms with van der Waals surface area (Å²) < 4.78 is 10.8. The van der Waals surface area contributed by atoms with Crippen molar-refractivity contribution < 1.29 is 19.1 Å². The maximum absolute atomic E-state index is 12.2. The number of ether oxygens (including phenoxy) is 2. The van der Waals surface area contributed by atoms with E-state index in [1.807, 2.05) is 31.2 Å². The molecular formula is C18H20N2O4. The van der Waals surface area contributed by atoms with Gasteiger partial charge in [0.2, 0.25) is 0 Å². The number of aryl methyl sites for hydroxylation is 1. The molecule has 0 aliphatic carbocycles. The van der Waals surface area contributed by atoms with E-state index < -0.39 is 12.0 Å². The van der Waals surface area contributed by atoms with Crippen LogP contribution in [0.4, 0.5) is 5.69 Å². The third kappa shape index (κ3) is 5.31. The molecule has 0 aromatic heterocycles. The van der Waals surface area contributed by atoms with Crippen molar-refractivity contribution in [3.63, 3.8) is 0 Å². The predicted octanol–water partition coefficient (Wildman–Crippen LogP) is 2.27. The number of benzene rings is 2. The molecule has 0 saturated heterocycles. The zero-order valence-electron chi connectivity index (χ0n) is 13.6. The molecule has 2 amide bonds. The molecule has 0 aliphatic rings. The summed E-state index contributed by atoms with van der Waals surface area (Å²) in [5.41, 5.74) is 6.73. The lowest BCUT2D eigenvalue weighted by molar-refractivity contribution is -0.122. The maximum Gasteiger partial charge on any atom is 0.265 e. The van der Waals surface area contributed by atoms with E-state index in [1.165, 1.54) is 0 Å². The quantitative estimate of drug-likeness (QED) is 0.816. The third-order valence-electron chi connectivity index (χ3n) is 3.21. The van der Waals surface area contributed by atoms with Crippen LogP contribution in [-0.4, -0.2) is 24.5 Å². The monoisotopic (exact) mass is 328 g/mol. The fourth-order valence-electron chi connectivity index (χ4n) is 1.91. The van der Waals surface area contributed by atoms with Gasteiger partial charge in [0.05, 0.1) is 0 Å². The summed E-state index contributed by atoms with van der Waals surface area (Å²) in [6.45, 7) is 3.48. The van der Waals surface area contributed by atoms with Crippen LogP contribution < -0.4 is 20.5 Å². The van der Waals surface area contributed by atoms with Crippen molar-refractivity contribution in [3.05, 3.63) is 54.1 Å². The molecule has 2 rings (SSSR count). The maximum atomic E-state index is 12.2. The van der Waals surface area contributed by atoms with Gasteiger partial charge in [-0.2, -0.15) is 0 Å². The van der Waals surface area contributed by atoms with Crippen LogP contribution in [0, 0.1) is 6.92 Å². The van der Waals surface area contributed by atoms with Gasteiger partial charge in [-0.3, -0.25) is 9.59 Å². The first-order chi connectivity index (χ1) is 11.4. The Morgan fingerprint density at radius 2 is 1.62 bits per heavy atom. The molecule has 6 nitrogen and oxygen atoms in total. The number of hydrogen-bond acceptors (Lipinski definition) is 4. The van der Waals surface area contributed by atoms with Gasteiger partial charge in [0, 0.05) is 5.69 Å². The van der Waals surface area contributed by atoms with E-state index >= 15 is 0 Å². The second kappa shape index (κ2) is 8.01. The minimum absolute atomic E-state index is 0.187. The Kier molecular flexibility index (Phi) is 5.78. The molecule has 0 aliphatic heterocycles. The molecule has 24 heavy (non-hydrogen) atoms. The third-order valence-corrected chi connectivity index (χ3v) is 3.21. The minimum Gasteiger partial charge on any atom is -0.484 e. The Labute approximate surface area is 140 Å². The number of primary amides is 1. The van der Waals surface area contributed by atoms with Crippen LogP contribution in [0.15, 0.2) is 48.5 Å². The average molecular weight is 328 g/mol. The lowest BCUT2D eigenvalue weighted by Crippen LogP contribution is -2.30. The van der Waals surface area contributed by atoms with Crippen LogP contribution >= 0.6 is 0 Å². The van der Waals surface area contributed by atoms with Gasteiger partial charge in [-0.15, -0.1) is 0 Å².